The minimum Gasteiger partial charge on any atom is -0.356 e. The Morgan fingerprint density at radius 2 is 2.44 bits per heavy atom. The molecule has 2 N–H and O–H groups in total. The van der Waals surface area contributed by atoms with Gasteiger partial charge in [0.25, 0.3) is 0 Å². The van der Waals surface area contributed by atoms with Crippen molar-refractivity contribution in [1.29, 1.82) is 0 Å². The highest BCUT2D eigenvalue weighted by Gasteiger charge is 2.11. The molecule has 0 bridgehead atoms. The number of guanidine groups is 1. The predicted octanol–water partition coefficient (Wildman–Crippen LogP) is 0.814. The highest BCUT2D eigenvalue weighted by Crippen LogP contribution is 2.04. The summed E-state index contributed by atoms with van der Waals surface area (Å²) >= 11 is 0. The first-order valence-corrected chi connectivity index (χ1v) is 6.29. The van der Waals surface area contributed by atoms with E-state index in [9.17, 15) is 0 Å². The van der Waals surface area contributed by atoms with Crippen LogP contribution in [0.15, 0.2) is 35.6 Å². The van der Waals surface area contributed by atoms with E-state index in [4.69, 9.17) is 0 Å². The zero-order chi connectivity index (χ0) is 12.4. The van der Waals surface area contributed by atoms with E-state index in [1.807, 2.05) is 28.8 Å². The summed E-state index contributed by atoms with van der Waals surface area (Å²) in [5.74, 6) is 0.909. The first kappa shape index (κ1) is 11.1. The minimum atomic E-state index is 0.447. The number of imidazole rings is 1. The van der Waals surface area contributed by atoms with Crippen LogP contribution in [0, 0.1) is 0 Å². The molecular weight excluding hydrogens is 226 g/mol. The monoisotopic (exact) mass is 243 g/mol. The number of nitrogens with one attached hydrogen (secondary N) is 2. The highest BCUT2D eigenvalue weighted by molar-refractivity contribution is 5.81. The maximum Gasteiger partial charge on any atom is 0.191 e. The number of hydrogen-bond acceptors (Lipinski definition) is 4. The Balaban J connectivity index is 1.57. The van der Waals surface area contributed by atoms with Crippen molar-refractivity contribution in [2.45, 2.75) is 19.4 Å². The van der Waals surface area contributed by atoms with E-state index in [1.165, 1.54) is 0 Å². The standard InChI is InChI=1S/C13H17N5/c1-10-8-15-13(16-10)14-6-5-11-9-18-7-3-2-4-12(18)17-11/h2-4,7,9-10H,5-6,8H2,1H3,(H2,14,15,16). The molecule has 0 radical (unpaired) electrons. The minimum absolute atomic E-state index is 0.447. The molecular formula is C13H17N5. The van der Waals surface area contributed by atoms with E-state index >= 15 is 0 Å². The van der Waals surface area contributed by atoms with Crippen molar-refractivity contribution in [2.24, 2.45) is 4.99 Å². The van der Waals surface area contributed by atoms with Gasteiger partial charge in [-0.05, 0) is 19.1 Å². The Bertz CT molecular complexity index is 539. The van der Waals surface area contributed by atoms with E-state index in [1.54, 1.807) is 0 Å². The second-order valence-corrected chi connectivity index (χ2v) is 4.61. The lowest BCUT2D eigenvalue weighted by Crippen LogP contribution is -2.38. The molecule has 1 unspecified atom stereocenters. The lowest BCUT2D eigenvalue weighted by molar-refractivity contribution is 0.711. The molecule has 3 heterocycles. The first-order chi connectivity index (χ1) is 8.81. The van der Waals surface area contributed by atoms with Gasteiger partial charge >= 0.3 is 0 Å². The number of rotatable bonds is 3. The summed E-state index contributed by atoms with van der Waals surface area (Å²) in [6.45, 7) is 3.83. The van der Waals surface area contributed by atoms with Gasteiger partial charge in [0, 0.05) is 31.4 Å². The van der Waals surface area contributed by atoms with E-state index in [0.29, 0.717) is 6.04 Å². The van der Waals surface area contributed by atoms with Crippen molar-refractivity contribution in [3.05, 3.63) is 36.3 Å². The van der Waals surface area contributed by atoms with Gasteiger partial charge in [0.1, 0.15) is 5.65 Å². The second kappa shape index (κ2) is 4.68. The van der Waals surface area contributed by atoms with Crippen LogP contribution in [0.3, 0.4) is 0 Å². The molecule has 5 nitrogen and oxygen atoms in total. The van der Waals surface area contributed by atoms with Crippen molar-refractivity contribution in [1.82, 2.24) is 20.0 Å². The van der Waals surface area contributed by atoms with Gasteiger partial charge in [0.2, 0.25) is 0 Å². The quantitative estimate of drug-likeness (QED) is 0.839. The van der Waals surface area contributed by atoms with Gasteiger partial charge in [-0.25, -0.2) is 4.98 Å². The zero-order valence-corrected chi connectivity index (χ0v) is 10.4. The summed E-state index contributed by atoms with van der Waals surface area (Å²) in [7, 11) is 0. The van der Waals surface area contributed by atoms with Crippen molar-refractivity contribution in [3.8, 4) is 0 Å². The topological polar surface area (TPSA) is 53.7 Å². The van der Waals surface area contributed by atoms with Crippen molar-refractivity contribution in [2.75, 3.05) is 13.1 Å². The predicted molar refractivity (Wildman–Crippen MR) is 71.8 cm³/mol. The third kappa shape index (κ3) is 2.30. The smallest absolute Gasteiger partial charge is 0.191 e. The summed E-state index contributed by atoms with van der Waals surface area (Å²) in [5, 5.41) is 6.57. The SMILES string of the molecule is CC1CN=C(NCCc2cn3ccccc3n2)N1. The fraction of sp³-hybridized carbons (Fsp3) is 0.385. The molecule has 2 aromatic heterocycles. The van der Waals surface area contributed by atoms with E-state index in [-0.39, 0.29) is 0 Å². The van der Waals surface area contributed by atoms with Crippen LogP contribution in [0.1, 0.15) is 12.6 Å². The maximum absolute atomic E-state index is 4.55. The Morgan fingerprint density at radius 3 is 3.22 bits per heavy atom. The Morgan fingerprint density at radius 1 is 1.50 bits per heavy atom. The number of nitrogens with zero attached hydrogens (tertiary/aromatic N) is 3. The van der Waals surface area contributed by atoms with Crippen LogP contribution in [0.2, 0.25) is 0 Å². The molecule has 5 heteroatoms. The molecule has 0 spiro atoms. The third-order valence-corrected chi connectivity index (χ3v) is 2.99. The Labute approximate surface area is 106 Å². The van der Waals surface area contributed by atoms with Gasteiger partial charge in [-0.15, -0.1) is 0 Å². The summed E-state index contributed by atoms with van der Waals surface area (Å²) in [6.07, 6.45) is 4.99. The van der Waals surface area contributed by atoms with Crippen molar-refractivity contribution < 1.29 is 0 Å². The summed E-state index contributed by atoms with van der Waals surface area (Å²) in [5.41, 5.74) is 2.10. The molecule has 0 aromatic carbocycles. The van der Waals surface area contributed by atoms with Crippen LogP contribution in [0.25, 0.3) is 5.65 Å². The fourth-order valence-electron chi connectivity index (χ4n) is 2.08. The first-order valence-electron chi connectivity index (χ1n) is 6.29. The number of pyridine rings is 1. The van der Waals surface area contributed by atoms with Crippen molar-refractivity contribution >= 4 is 11.6 Å². The maximum atomic E-state index is 4.55. The van der Waals surface area contributed by atoms with Crippen LogP contribution in [0.4, 0.5) is 0 Å². The molecule has 0 saturated carbocycles. The van der Waals surface area contributed by atoms with Gasteiger partial charge in [0.05, 0.1) is 12.2 Å². The molecule has 18 heavy (non-hydrogen) atoms. The van der Waals surface area contributed by atoms with Gasteiger partial charge in [-0.2, -0.15) is 0 Å². The third-order valence-electron chi connectivity index (χ3n) is 2.99. The lowest BCUT2D eigenvalue weighted by atomic mass is 10.3. The van der Waals surface area contributed by atoms with Crippen LogP contribution < -0.4 is 10.6 Å². The Kier molecular flexibility index (Phi) is 2.88. The largest absolute Gasteiger partial charge is 0.356 e. The molecule has 94 valence electrons. The van der Waals surface area contributed by atoms with Gasteiger partial charge in [-0.3, -0.25) is 4.99 Å². The van der Waals surface area contributed by atoms with Gasteiger partial charge < -0.3 is 15.0 Å². The average Bonchev–Trinajstić information content (AvgIpc) is 2.95. The molecule has 0 fully saturated rings. The van der Waals surface area contributed by atoms with Crippen LogP contribution in [0.5, 0.6) is 0 Å². The zero-order valence-electron chi connectivity index (χ0n) is 10.4. The lowest BCUT2D eigenvalue weighted by Gasteiger charge is -2.07. The number of aromatic nitrogens is 2. The second-order valence-electron chi connectivity index (χ2n) is 4.61. The molecule has 1 aliphatic heterocycles. The summed E-state index contributed by atoms with van der Waals surface area (Å²) in [6, 6.07) is 6.47. The van der Waals surface area contributed by atoms with E-state index in [2.05, 4.69) is 33.7 Å². The molecule has 0 saturated heterocycles. The average molecular weight is 243 g/mol. The van der Waals surface area contributed by atoms with Crippen molar-refractivity contribution in [3.63, 3.8) is 0 Å². The van der Waals surface area contributed by atoms with E-state index in [0.717, 1.165) is 36.8 Å². The summed E-state index contributed by atoms with van der Waals surface area (Å²) in [4.78, 5) is 8.91. The molecule has 0 amide bonds. The molecule has 1 atom stereocenters. The Hall–Kier alpha value is -2.04. The molecule has 1 aliphatic rings. The van der Waals surface area contributed by atoms with Crippen LogP contribution in [-0.2, 0) is 6.42 Å². The number of aliphatic imine (C=N–C) groups is 1. The van der Waals surface area contributed by atoms with E-state index < -0.39 is 0 Å². The number of fused-ring (bicyclic) bond motifs is 1. The number of hydrogen-bond donors (Lipinski definition) is 2. The summed E-state index contributed by atoms with van der Waals surface area (Å²) < 4.78 is 2.04. The van der Waals surface area contributed by atoms with Gasteiger partial charge in [0.15, 0.2) is 5.96 Å². The van der Waals surface area contributed by atoms with Crippen LogP contribution in [-0.4, -0.2) is 34.5 Å². The molecule has 3 rings (SSSR count). The van der Waals surface area contributed by atoms with Gasteiger partial charge in [-0.1, -0.05) is 6.07 Å². The highest BCUT2D eigenvalue weighted by atomic mass is 15.2. The molecule has 0 aliphatic carbocycles. The fourth-order valence-corrected chi connectivity index (χ4v) is 2.08. The molecule has 2 aromatic rings. The van der Waals surface area contributed by atoms with Crippen LogP contribution >= 0.6 is 0 Å². The normalized spacial score (nSPS) is 18.7.